The largest absolute Gasteiger partial charge is 0.309 e. The Bertz CT molecular complexity index is 3050. The number of rotatable bonds is 3. The van der Waals surface area contributed by atoms with Gasteiger partial charge in [0.2, 0.25) is 0 Å². The van der Waals surface area contributed by atoms with Crippen LogP contribution < -0.4 is 0 Å². The van der Waals surface area contributed by atoms with Crippen LogP contribution in [-0.2, 0) is 0 Å². The van der Waals surface area contributed by atoms with E-state index >= 15 is 0 Å². The summed E-state index contributed by atoms with van der Waals surface area (Å²) in [6.45, 7) is 0. The van der Waals surface area contributed by atoms with E-state index in [-0.39, 0.29) is 0 Å². The molecule has 0 aliphatic rings. The molecule has 0 saturated carbocycles. The van der Waals surface area contributed by atoms with Crippen molar-refractivity contribution >= 4 is 65.4 Å². The third kappa shape index (κ3) is 3.73. The fourth-order valence-corrected chi connectivity index (χ4v) is 7.90. The lowest BCUT2D eigenvalue weighted by atomic mass is 10.1. The molecular formula is C44H25N5. The van der Waals surface area contributed by atoms with E-state index in [0.29, 0.717) is 11.1 Å². The zero-order valence-corrected chi connectivity index (χ0v) is 26.2. The van der Waals surface area contributed by atoms with Crippen LogP contribution in [0, 0.1) is 22.7 Å². The average molecular weight is 624 g/mol. The second-order valence-corrected chi connectivity index (χ2v) is 12.4. The van der Waals surface area contributed by atoms with Crippen molar-refractivity contribution in [2.45, 2.75) is 0 Å². The maximum absolute atomic E-state index is 10.0. The number of benzene rings is 7. The van der Waals surface area contributed by atoms with Crippen LogP contribution in [0.15, 0.2) is 152 Å². The third-order valence-electron chi connectivity index (χ3n) is 9.84. The summed E-state index contributed by atoms with van der Waals surface area (Å²) in [7, 11) is 0. The number of nitrogens with zero attached hydrogens (tertiary/aromatic N) is 5. The van der Waals surface area contributed by atoms with E-state index in [0.717, 1.165) is 82.5 Å². The Morgan fingerprint density at radius 2 is 0.857 bits per heavy atom. The Labute approximate surface area is 280 Å². The lowest BCUT2D eigenvalue weighted by Crippen LogP contribution is -1.97. The second-order valence-electron chi connectivity index (χ2n) is 12.4. The highest BCUT2D eigenvalue weighted by Crippen LogP contribution is 2.46. The molecule has 0 aliphatic carbocycles. The van der Waals surface area contributed by atoms with Gasteiger partial charge in [0.15, 0.2) is 0 Å². The molecule has 0 spiro atoms. The molecule has 0 unspecified atom stereocenters. The van der Waals surface area contributed by atoms with Crippen LogP contribution in [-0.4, -0.2) is 13.7 Å². The summed E-state index contributed by atoms with van der Waals surface area (Å²) < 4.78 is 6.98. The minimum absolute atomic E-state index is 0.594. The lowest BCUT2D eigenvalue weighted by molar-refractivity contribution is 1.17. The van der Waals surface area contributed by atoms with E-state index in [4.69, 9.17) is 0 Å². The molecule has 10 rings (SSSR count). The van der Waals surface area contributed by atoms with Crippen LogP contribution in [0.3, 0.4) is 0 Å². The molecule has 0 N–H and O–H groups in total. The highest BCUT2D eigenvalue weighted by atomic mass is 15.0. The summed E-state index contributed by atoms with van der Waals surface area (Å²) >= 11 is 0. The Balaban J connectivity index is 1.49. The minimum atomic E-state index is 0.594. The first kappa shape index (κ1) is 27.1. The molecule has 0 aliphatic heterocycles. The van der Waals surface area contributed by atoms with E-state index in [1.807, 2.05) is 42.5 Å². The molecule has 0 fully saturated rings. The van der Waals surface area contributed by atoms with Crippen molar-refractivity contribution in [2.75, 3.05) is 0 Å². The molecule has 5 nitrogen and oxygen atoms in total. The van der Waals surface area contributed by atoms with Crippen molar-refractivity contribution in [1.82, 2.24) is 13.7 Å². The molecule has 3 aromatic heterocycles. The maximum Gasteiger partial charge on any atom is 0.0992 e. The smallest absolute Gasteiger partial charge is 0.0992 e. The first-order chi connectivity index (χ1) is 24.2. The van der Waals surface area contributed by atoms with Crippen molar-refractivity contribution in [2.24, 2.45) is 0 Å². The minimum Gasteiger partial charge on any atom is -0.309 e. The fourth-order valence-electron chi connectivity index (χ4n) is 7.90. The Kier molecular flexibility index (Phi) is 5.64. The number of fused-ring (bicyclic) bond motifs is 11. The van der Waals surface area contributed by atoms with Crippen molar-refractivity contribution in [3.63, 3.8) is 0 Å². The van der Waals surface area contributed by atoms with Gasteiger partial charge in [-0.05, 0) is 78.9 Å². The first-order valence-corrected chi connectivity index (χ1v) is 16.2. The zero-order chi connectivity index (χ0) is 32.6. The summed E-state index contributed by atoms with van der Waals surface area (Å²) in [6, 6.07) is 57.0. The normalized spacial score (nSPS) is 11.6. The quantitative estimate of drug-likeness (QED) is 0.197. The molecule has 0 amide bonds. The van der Waals surface area contributed by atoms with Gasteiger partial charge in [-0.3, -0.25) is 0 Å². The van der Waals surface area contributed by atoms with Gasteiger partial charge in [-0.25, -0.2) is 0 Å². The third-order valence-corrected chi connectivity index (χ3v) is 9.84. The number of nitriles is 2. The molecular weight excluding hydrogens is 599 g/mol. The Morgan fingerprint density at radius 3 is 1.49 bits per heavy atom. The molecule has 0 atom stereocenters. The topological polar surface area (TPSA) is 62.4 Å². The van der Waals surface area contributed by atoms with Crippen molar-refractivity contribution in [3.05, 3.63) is 163 Å². The van der Waals surface area contributed by atoms with Crippen molar-refractivity contribution in [3.8, 4) is 29.2 Å². The van der Waals surface area contributed by atoms with Crippen molar-refractivity contribution in [1.29, 1.82) is 10.5 Å². The molecule has 0 radical (unpaired) electrons. The van der Waals surface area contributed by atoms with E-state index < -0.39 is 0 Å². The summed E-state index contributed by atoms with van der Waals surface area (Å²) in [4.78, 5) is 0. The number of hydrogen-bond acceptors (Lipinski definition) is 2. The van der Waals surface area contributed by atoms with Crippen molar-refractivity contribution < 1.29 is 0 Å². The standard InChI is InChI=1S/C44H25N5/c45-26-28-10-9-15-32(24-28)49-43-33(19-22-39-41(43)35-16-7-8-17-37(35)47(39)30-11-3-1-4-12-30)34-20-23-40-42(44(34)49)36-25-29(27-46)18-21-38(36)48(40)31-13-5-2-6-14-31/h1-25H. The zero-order valence-electron chi connectivity index (χ0n) is 26.2. The SMILES string of the molecule is N#Cc1cccc(-n2c3c(ccc4c3c3ccccc3n4-c3ccccc3)c3ccc4c(c5cc(C#N)ccc5n4-c4ccccc4)c32)c1. The van der Waals surface area contributed by atoms with Crippen LogP contribution in [0.1, 0.15) is 11.1 Å². The first-order valence-electron chi connectivity index (χ1n) is 16.2. The van der Waals surface area contributed by atoms with Gasteiger partial charge in [-0.1, -0.05) is 72.8 Å². The van der Waals surface area contributed by atoms with Crippen LogP contribution in [0.2, 0.25) is 0 Å². The molecule has 7 aromatic carbocycles. The molecule has 226 valence electrons. The van der Waals surface area contributed by atoms with Gasteiger partial charge in [0.05, 0.1) is 56.4 Å². The van der Waals surface area contributed by atoms with E-state index in [2.05, 4.69) is 135 Å². The summed E-state index contributed by atoms with van der Waals surface area (Å²) in [5, 5.41) is 26.7. The van der Waals surface area contributed by atoms with Crippen LogP contribution in [0.4, 0.5) is 0 Å². The Hall–Kier alpha value is -7.08. The molecule has 3 heterocycles. The van der Waals surface area contributed by atoms with Gasteiger partial charge in [-0.2, -0.15) is 10.5 Å². The Morgan fingerprint density at radius 1 is 0.347 bits per heavy atom. The molecule has 0 bridgehead atoms. The van der Waals surface area contributed by atoms with E-state index in [1.165, 1.54) is 0 Å². The summed E-state index contributed by atoms with van der Waals surface area (Å²) in [6.07, 6.45) is 0. The van der Waals surface area contributed by atoms with Crippen LogP contribution in [0.5, 0.6) is 0 Å². The predicted molar refractivity (Wildman–Crippen MR) is 199 cm³/mol. The monoisotopic (exact) mass is 623 g/mol. The predicted octanol–water partition coefficient (Wildman–Crippen LogP) is 10.7. The number of aromatic nitrogens is 3. The van der Waals surface area contributed by atoms with Gasteiger partial charge in [0.25, 0.3) is 0 Å². The lowest BCUT2D eigenvalue weighted by Gasteiger charge is -2.11. The van der Waals surface area contributed by atoms with Gasteiger partial charge in [0, 0.05) is 49.4 Å². The highest BCUT2D eigenvalue weighted by Gasteiger charge is 2.24. The molecule has 49 heavy (non-hydrogen) atoms. The number of para-hydroxylation sites is 3. The molecule has 10 aromatic rings. The summed E-state index contributed by atoms with van der Waals surface area (Å²) in [5.41, 5.74) is 10.7. The van der Waals surface area contributed by atoms with E-state index in [9.17, 15) is 10.5 Å². The van der Waals surface area contributed by atoms with Gasteiger partial charge in [0.1, 0.15) is 0 Å². The van der Waals surface area contributed by atoms with E-state index in [1.54, 1.807) is 0 Å². The van der Waals surface area contributed by atoms with Gasteiger partial charge < -0.3 is 13.7 Å². The molecule has 0 saturated heterocycles. The summed E-state index contributed by atoms with van der Waals surface area (Å²) in [5.74, 6) is 0. The van der Waals surface area contributed by atoms with Crippen LogP contribution >= 0.6 is 0 Å². The number of hydrogen-bond donors (Lipinski definition) is 0. The van der Waals surface area contributed by atoms with Gasteiger partial charge in [-0.15, -0.1) is 0 Å². The maximum atomic E-state index is 10.0. The highest BCUT2D eigenvalue weighted by molar-refractivity contribution is 6.31. The fraction of sp³-hybridized carbons (Fsp3) is 0. The molecule has 5 heteroatoms. The van der Waals surface area contributed by atoms with Gasteiger partial charge >= 0.3 is 0 Å². The average Bonchev–Trinajstić information content (AvgIpc) is 3.80. The second kappa shape index (κ2) is 10.2. The van der Waals surface area contributed by atoms with Crippen LogP contribution in [0.25, 0.3) is 82.5 Å².